The van der Waals surface area contributed by atoms with Crippen molar-refractivity contribution in [2.45, 2.75) is 39.7 Å². The molecule has 3 heteroatoms. The molecule has 0 fully saturated rings. The molecule has 0 spiro atoms. The van der Waals surface area contributed by atoms with E-state index >= 15 is 0 Å². The van der Waals surface area contributed by atoms with E-state index in [0.717, 1.165) is 25.8 Å². The molecule has 1 rings (SSSR count). The van der Waals surface area contributed by atoms with Crippen LogP contribution in [0.15, 0.2) is 24.3 Å². The predicted octanol–water partition coefficient (Wildman–Crippen LogP) is 3.10. The molecule has 0 bridgehead atoms. The lowest BCUT2D eigenvalue weighted by Gasteiger charge is -2.31. The molecule has 18 heavy (non-hydrogen) atoms. The minimum Gasteiger partial charge on any atom is -0.396 e. The average molecular weight is 253 g/mol. The Balaban J connectivity index is 2.51. The lowest BCUT2D eigenvalue weighted by molar-refractivity contribution is 0.163. The number of aliphatic hydroxyl groups is 1. The van der Waals surface area contributed by atoms with Crippen molar-refractivity contribution < 1.29 is 9.50 Å². The molecule has 0 aliphatic carbocycles. The molecule has 2 N–H and O–H groups in total. The van der Waals surface area contributed by atoms with Crippen molar-refractivity contribution in [3.05, 3.63) is 35.6 Å². The van der Waals surface area contributed by atoms with Crippen LogP contribution in [0, 0.1) is 11.2 Å². The molecule has 0 amide bonds. The van der Waals surface area contributed by atoms with Crippen LogP contribution in [0.1, 0.15) is 38.7 Å². The number of rotatable bonds is 8. The summed E-state index contributed by atoms with van der Waals surface area (Å²) < 4.78 is 13.4. The zero-order valence-corrected chi connectivity index (χ0v) is 11.4. The van der Waals surface area contributed by atoms with Crippen LogP contribution in [0.2, 0.25) is 0 Å². The summed E-state index contributed by atoms with van der Waals surface area (Å²) in [5, 5.41) is 12.5. The Morgan fingerprint density at radius 3 is 2.44 bits per heavy atom. The van der Waals surface area contributed by atoms with Crippen LogP contribution in [-0.2, 0) is 6.54 Å². The molecule has 0 heterocycles. The molecule has 0 saturated heterocycles. The third-order valence-electron chi connectivity index (χ3n) is 3.92. The van der Waals surface area contributed by atoms with Crippen molar-refractivity contribution in [2.75, 3.05) is 13.2 Å². The summed E-state index contributed by atoms with van der Waals surface area (Å²) in [6.07, 6.45) is 2.84. The maximum absolute atomic E-state index is 13.4. The smallest absolute Gasteiger partial charge is 0.127 e. The summed E-state index contributed by atoms with van der Waals surface area (Å²) in [5.41, 5.74) is 0.822. The van der Waals surface area contributed by atoms with Crippen molar-refractivity contribution >= 4 is 0 Å². The first-order valence-corrected chi connectivity index (χ1v) is 6.72. The Morgan fingerprint density at radius 2 is 1.89 bits per heavy atom. The van der Waals surface area contributed by atoms with Gasteiger partial charge in [-0.15, -0.1) is 0 Å². The fourth-order valence-corrected chi connectivity index (χ4v) is 2.28. The molecular weight excluding hydrogens is 229 g/mol. The monoisotopic (exact) mass is 253 g/mol. The highest BCUT2D eigenvalue weighted by molar-refractivity contribution is 5.16. The van der Waals surface area contributed by atoms with Gasteiger partial charge in [0.1, 0.15) is 5.82 Å². The molecule has 0 radical (unpaired) electrons. The van der Waals surface area contributed by atoms with Crippen molar-refractivity contribution in [1.82, 2.24) is 5.32 Å². The zero-order valence-electron chi connectivity index (χ0n) is 11.4. The van der Waals surface area contributed by atoms with Gasteiger partial charge in [0.15, 0.2) is 0 Å². The molecule has 0 aliphatic heterocycles. The maximum atomic E-state index is 13.4. The van der Waals surface area contributed by atoms with Crippen LogP contribution >= 0.6 is 0 Å². The highest BCUT2D eigenvalue weighted by Gasteiger charge is 2.24. The largest absolute Gasteiger partial charge is 0.396 e. The number of hydrogen-bond donors (Lipinski definition) is 2. The Kier molecular flexibility index (Phi) is 6.30. The molecule has 102 valence electrons. The summed E-state index contributed by atoms with van der Waals surface area (Å²) in [7, 11) is 0. The van der Waals surface area contributed by atoms with E-state index in [-0.39, 0.29) is 17.8 Å². The minimum atomic E-state index is -0.161. The second-order valence-corrected chi connectivity index (χ2v) is 4.88. The first-order valence-electron chi connectivity index (χ1n) is 6.72. The second-order valence-electron chi connectivity index (χ2n) is 4.88. The van der Waals surface area contributed by atoms with Gasteiger partial charge in [-0.05, 0) is 30.7 Å². The number of benzene rings is 1. The van der Waals surface area contributed by atoms with Gasteiger partial charge in [0.25, 0.3) is 0 Å². The van der Waals surface area contributed by atoms with Crippen LogP contribution in [0.3, 0.4) is 0 Å². The number of hydrogen-bond acceptors (Lipinski definition) is 2. The van der Waals surface area contributed by atoms with Crippen molar-refractivity contribution in [2.24, 2.45) is 5.41 Å². The van der Waals surface area contributed by atoms with Crippen LogP contribution in [0.25, 0.3) is 0 Å². The molecule has 0 aliphatic rings. The standard InChI is InChI=1S/C15H24FNO/c1-3-15(4-2,9-10-18)12-17-11-13-7-5-6-8-14(13)16/h5-8,17-18H,3-4,9-12H2,1-2H3. The number of aliphatic hydroxyl groups excluding tert-OH is 1. The van der Waals surface area contributed by atoms with Crippen molar-refractivity contribution in [3.63, 3.8) is 0 Å². The fourth-order valence-electron chi connectivity index (χ4n) is 2.28. The molecule has 2 nitrogen and oxygen atoms in total. The summed E-state index contributed by atoms with van der Waals surface area (Å²) in [5.74, 6) is -0.161. The molecule has 0 unspecified atom stereocenters. The van der Waals surface area contributed by atoms with E-state index in [1.165, 1.54) is 6.07 Å². The van der Waals surface area contributed by atoms with E-state index in [1.807, 2.05) is 6.07 Å². The van der Waals surface area contributed by atoms with Gasteiger partial charge in [-0.1, -0.05) is 32.0 Å². The van der Waals surface area contributed by atoms with Crippen molar-refractivity contribution in [1.29, 1.82) is 0 Å². The average Bonchev–Trinajstić information content (AvgIpc) is 2.40. The Labute approximate surface area is 109 Å². The maximum Gasteiger partial charge on any atom is 0.127 e. The zero-order chi connectivity index (χ0) is 13.4. The molecule has 0 saturated carbocycles. The van der Waals surface area contributed by atoms with Crippen molar-refractivity contribution in [3.8, 4) is 0 Å². The van der Waals surface area contributed by atoms with E-state index in [9.17, 15) is 4.39 Å². The van der Waals surface area contributed by atoms with Gasteiger partial charge in [-0.2, -0.15) is 0 Å². The summed E-state index contributed by atoms with van der Waals surface area (Å²) in [6.45, 7) is 5.85. The lowest BCUT2D eigenvalue weighted by Crippen LogP contribution is -2.34. The van der Waals surface area contributed by atoms with Crippen LogP contribution < -0.4 is 5.32 Å². The predicted molar refractivity (Wildman–Crippen MR) is 72.8 cm³/mol. The first kappa shape index (κ1) is 15.1. The second kappa shape index (κ2) is 7.49. The van der Waals surface area contributed by atoms with Crippen LogP contribution in [-0.4, -0.2) is 18.3 Å². The Morgan fingerprint density at radius 1 is 1.22 bits per heavy atom. The fraction of sp³-hybridized carbons (Fsp3) is 0.600. The summed E-state index contributed by atoms with van der Waals surface area (Å²) >= 11 is 0. The third kappa shape index (κ3) is 4.07. The topological polar surface area (TPSA) is 32.3 Å². The minimum absolute atomic E-state index is 0.125. The van der Waals surface area contributed by atoms with Crippen LogP contribution in [0.5, 0.6) is 0 Å². The van der Waals surface area contributed by atoms with E-state index in [1.54, 1.807) is 12.1 Å². The number of nitrogens with one attached hydrogen (secondary N) is 1. The molecule has 1 aromatic rings. The highest BCUT2D eigenvalue weighted by Crippen LogP contribution is 2.29. The Bertz CT molecular complexity index is 350. The van der Waals surface area contributed by atoms with Crippen LogP contribution in [0.4, 0.5) is 4.39 Å². The van der Waals surface area contributed by atoms with E-state index in [2.05, 4.69) is 19.2 Å². The molecular formula is C15H24FNO. The van der Waals surface area contributed by atoms with E-state index < -0.39 is 0 Å². The molecule has 0 atom stereocenters. The molecule has 0 aromatic heterocycles. The van der Waals surface area contributed by atoms with E-state index in [0.29, 0.717) is 12.1 Å². The molecule has 1 aromatic carbocycles. The lowest BCUT2D eigenvalue weighted by atomic mass is 9.79. The summed E-state index contributed by atoms with van der Waals surface area (Å²) in [4.78, 5) is 0. The third-order valence-corrected chi connectivity index (χ3v) is 3.92. The van der Waals surface area contributed by atoms with Gasteiger partial charge >= 0.3 is 0 Å². The van der Waals surface area contributed by atoms with Gasteiger partial charge in [0.2, 0.25) is 0 Å². The Hall–Kier alpha value is -0.930. The number of halogens is 1. The van der Waals surface area contributed by atoms with Gasteiger partial charge in [-0.3, -0.25) is 0 Å². The normalized spacial score (nSPS) is 11.8. The summed E-state index contributed by atoms with van der Waals surface area (Å²) in [6, 6.07) is 6.83. The highest BCUT2D eigenvalue weighted by atomic mass is 19.1. The van der Waals surface area contributed by atoms with Gasteiger partial charge in [0, 0.05) is 25.3 Å². The quantitative estimate of drug-likeness (QED) is 0.746. The first-order chi connectivity index (χ1) is 8.67. The van der Waals surface area contributed by atoms with E-state index in [4.69, 9.17) is 5.11 Å². The van der Waals surface area contributed by atoms with Gasteiger partial charge < -0.3 is 10.4 Å². The van der Waals surface area contributed by atoms with Gasteiger partial charge in [0.05, 0.1) is 0 Å². The SMILES string of the molecule is CCC(CC)(CCO)CNCc1ccccc1F. The van der Waals surface area contributed by atoms with Gasteiger partial charge in [-0.25, -0.2) is 4.39 Å².